The molecule has 0 amide bonds. The lowest BCUT2D eigenvalue weighted by molar-refractivity contribution is 0.313. The molecule has 0 N–H and O–H groups in total. The standard InChI is InChI=1S/C27H31N5O/c1-4-23-26-25(33-5-2)19-24(28-27(26)32(29-23)22-9-7-6-8-10-22)20-11-13-21(14-12-20)31-17-15-30(3)16-18-31/h6-14,19H,4-5,15-18H2,1-3H3. The Balaban J connectivity index is 1.58. The van der Waals surface area contributed by atoms with Gasteiger partial charge in [0.2, 0.25) is 0 Å². The zero-order chi connectivity index (χ0) is 22.8. The molecule has 4 aromatic rings. The van der Waals surface area contributed by atoms with Gasteiger partial charge in [-0.2, -0.15) is 5.10 Å². The maximum Gasteiger partial charge on any atom is 0.167 e. The summed E-state index contributed by atoms with van der Waals surface area (Å²) < 4.78 is 8.04. The predicted molar refractivity (Wildman–Crippen MR) is 135 cm³/mol. The SMILES string of the molecule is CCOc1cc(-c2ccc(N3CCN(C)CC3)cc2)nc2c1c(CC)nn2-c1ccccc1. The Morgan fingerprint density at radius 3 is 2.27 bits per heavy atom. The van der Waals surface area contributed by atoms with Gasteiger partial charge in [-0.1, -0.05) is 37.3 Å². The van der Waals surface area contributed by atoms with Crippen LogP contribution in [0.4, 0.5) is 5.69 Å². The second-order valence-electron chi connectivity index (χ2n) is 8.52. The third-order valence-corrected chi connectivity index (χ3v) is 6.34. The maximum absolute atomic E-state index is 6.10. The van der Waals surface area contributed by atoms with Crippen molar-refractivity contribution in [3.63, 3.8) is 0 Å². The van der Waals surface area contributed by atoms with E-state index in [4.69, 9.17) is 14.8 Å². The molecule has 170 valence electrons. The fourth-order valence-electron chi connectivity index (χ4n) is 4.47. The number of ether oxygens (including phenoxy) is 1. The molecular weight excluding hydrogens is 410 g/mol. The zero-order valence-electron chi connectivity index (χ0n) is 19.7. The molecule has 6 nitrogen and oxygen atoms in total. The Bertz CT molecular complexity index is 1230. The van der Waals surface area contributed by atoms with Crippen LogP contribution in [0.2, 0.25) is 0 Å². The van der Waals surface area contributed by atoms with Crippen LogP contribution in [0.1, 0.15) is 19.5 Å². The van der Waals surface area contributed by atoms with Crippen LogP contribution >= 0.6 is 0 Å². The number of aromatic nitrogens is 3. The Hall–Kier alpha value is -3.38. The number of rotatable bonds is 6. The highest BCUT2D eigenvalue weighted by Crippen LogP contribution is 2.34. The number of hydrogen-bond donors (Lipinski definition) is 0. The number of aryl methyl sites for hydroxylation is 1. The summed E-state index contributed by atoms with van der Waals surface area (Å²) in [6.45, 7) is 9.06. The molecule has 1 aliphatic heterocycles. The number of pyridine rings is 1. The fraction of sp³-hybridized carbons (Fsp3) is 0.333. The smallest absolute Gasteiger partial charge is 0.167 e. The van der Waals surface area contributed by atoms with Crippen LogP contribution in [0.5, 0.6) is 5.75 Å². The van der Waals surface area contributed by atoms with Gasteiger partial charge in [-0.15, -0.1) is 0 Å². The van der Waals surface area contributed by atoms with Crippen LogP contribution in [0.25, 0.3) is 28.0 Å². The van der Waals surface area contributed by atoms with Gasteiger partial charge in [-0.3, -0.25) is 0 Å². The minimum absolute atomic E-state index is 0.598. The average Bonchev–Trinajstić information content (AvgIpc) is 3.24. The van der Waals surface area contributed by atoms with E-state index in [1.54, 1.807) is 0 Å². The van der Waals surface area contributed by atoms with Gasteiger partial charge in [0.15, 0.2) is 5.65 Å². The molecular formula is C27H31N5O. The molecule has 1 saturated heterocycles. The van der Waals surface area contributed by atoms with Gasteiger partial charge >= 0.3 is 0 Å². The molecule has 0 radical (unpaired) electrons. The van der Waals surface area contributed by atoms with E-state index in [-0.39, 0.29) is 0 Å². The second-order valence-corrected chi connectivity index (χ2v) is 8.52. The summed E-state index contributed by atoms with van der Waals surface area (Å²) in [5, 5.41) is 5.90. The minimum Gasteiger partial charge on any atom is -0.493 e. The number of anilines is 1. The van der Waals surface area contributed by atoms with Crippen molar-refractivity contribution in [1.82, 2.24) is 19.7 Å². The molecule has 0 unspecified atom stereocenters. The van der Waals surface area contributed by atoms with E-state index < -0.39 is 0 Å². The summed E-state index contributed by atoms with van der Waals surface area (Å²) in [6, 6.07) is 21.0. The van der Waals surface area contributed by atoms with Crippen molar-refractivity contribution in [3.05, 3.63) is 66.4 Å². The lowest BCUT2D eigenvalue weighted by Gasteiger charge is -2.34. The molecule has 0 spiro atoms. The average molecular weight is 442 g/mol. The first kappa shape index (κ1) is 21.5. The molecule has 1 fully saturated rings. The molecule has 0 bridgehead atoms. The van der Waals surface area contributed by atoms with Crippen LogP contribution in [-0.4, -0.2) is 59.5 Å². The molecule has 6 heteroatoms. The lowest BCUT2D eigenvalue weighted by Crippen LogP contribution is -2.44. The highest BCUT2D eigenvalue weighted by atomic mass is 16.5. The number of likely N-dealkylation sites (N-methyl/N-ethyl adjacent to an activating group) is 1. The lowest BCUT2D eigenvalue weighted by atomic mass is 10.1. The Kier molecular flexibility index (Phi) is 6.01. The van der Waals surface area contributed by atoms with Crippen LogP contribution < -0.4 is 9.64 Å². The summed E-state index contributed by atoms with van der Waals surface area (Å²) in [7, 11) is 2.18. The summed E-state index contributed by atoms with van der Waals surface area (Å²) in [6.07, 6.45) is 0.817. The van der Waals surface area contributed by atoms with Crippen molar-refractivity contribution >= 4 is 16.7 Å². The van der Waals surface area contributed by atoms with Crippen LogP contribution in [0.3, 0.4) is 0 Å². The number of hydrogen-bond acceptors (Lipinski definition) is 5. The van der Waals surface area contributed by atoms with E-state index in [1.165, 1.54) is 5.69 Å². The van der Waals surface area contributed by atoms with Crippen LogP contribution in [0.15, 0.2) is 60.7 Å². The summed E-state index contributed by atoms with van der Waals surface area (Å²) in [4.78, 5) is 9.91. The Labute approximate surface area is 195 Å². The maximum atomic E-state index is 6.10. The second kappa shape index (κ2) is 9.24. The Morgan fingerprint density at radius 2 is 1.61 bits per heavy atom. The van der Waals surface area contributed by atoms with Gasteiger partial charge in [0.1, 0.15) is 5.75 Å². The number of fused-ring (bicyclic) bond motifs is 1. The van der Waals surface area contributed by atoms with Crippen molar-refractivity contribution in [1.29, 1.82) is 0 Å². The molecule has 1 aliphatic rings. The topological polar surface area (TPSA) is 46.4 Å². The highest BCUT2D eigenvalue weighted by molar-refractivity contribution is 5.89. The molecule has 2 aromatic heterocycles. The third kappa shape index (κ3) is 4.18. The van der Waals surface area contributed by atoms with Crippen LogP contribution in [-0.2, 0) is 6.42 Å². The van der Waals surface area contributed by atoms with E-state index >= 15 is 0 Å². The van der Waals surface area contributed by atoms with E-state index in [2.05, 4.69) is 66.2 Å². The third-order valence-electron chi connectivity index (χ3n) is 6.34. The van der Waals surface area contributed by atoms with E-state index in [0.717, 1.165) is 72.0 Å². The molecule has 2 aromatic carbocycles. The molecule has 3 heterocycles. The van der Waals surface area contributed by atoms with E-state index in [9.17, 15) is 0 Å². The first-order valence-electron chi connectivity index (χ1n) is 11.8. The predicted octanol–water partition coefficient (Wildman–Crippen LogP) is 4.80. The molecule has 0 atom stereocenters. The number of nitrogens with zero attached hydrogens (tertiary/aromatic N) is 5. The number of para-hydroxylation sites is 1. The van der Waals surface area contributed by atoms with Crippen molar-refractivity contribution in [2.45, 2.75) is 20.3 Å². The number of benzene rings is 2. The van der Waals surface area contributed by atoms with Gasteiger partial charge in [0.05, 0.1) is 29.1 Å². The van der Waals surface area contributed by atoms with E-state index in [1.807, 2.05) is 29.8 Å². The fourth-order valence-corrected chi connectivity index (χ4v) is 4.47. The molecule has 0 saturated carbocycles. The summed E-state index contributed by atoms with van der Waals surface area (Å²) in [5.41, 5.74) is 6.08. The summed E-state index contributed by atoms with van der Waals surface area (Å²) >= 11 is 0. The number of piperazine rings is 1. The normalized spacial score (nSPS) is 14.7. The van der Waals surface area contributed by atoms with Gasteiger partial charge < -0.3 is 14.5 Å². The largest absolute Gasteiger partial charge is 0.493 e. The zero-order valence-corrected chi connectivity index (χ0v) is 19.7. The quantitative estimate of drug-likeness (QED) is 0.430. The van der Waals surface area contributed by atoms with Gasteiger partial charge in [-0.05, 0) is 44.7 Å². The highest BCUT2D eigenvalue weighted by Gasteiger charge is 2.20. The van der Waals surface area contributed by atoms with Crippen molar-refractivity contribution in [3.8, 4) is 22.7 Å². The van der Waals surface area contributed by atoms with Crippen molar-refractivity contribution < 1.29 is 4.74 Å². The monoisotopic (exact) mass is 441 g/mol. The first-order valence-corrected chi connectivity index (χ1v) is 11.8. The molecule has 5 rings (SSSR count). The van der Waals surface area contributed by atoms with Crippen LogP contribution in [0, 0.1) is 0 Å². The van der Waals surface area contributed by atoms with Gasteiger partial charge in [0.25, 0.3) is 0 Å². The van der Waals surface area contributed by atoms with E-state index in [0.29, 0.717) is 6.61 Å². The minimum atomic E-state index is 0.598. The first-order chi connectivity index (χ1) is 16.2. The van der Waals surface area contributed by atoms with Crippen molar-refractivity contribution in [2.24, 2.45) is 0 Å². The summed E-state index contributed by atoms with van der Waals surface area (Å²) in [5.74, 6) is 0.847. The molecule has 0 aliphatic carbocycles. The molecule has 33 heavy (non-hydrogen) atoms. The van der Waals surface area contributed by atoms with Gasteiger partial charge in [-0.25, -0.2) is 9.67 Å². The Morgan fingerprint density at radius 1 is 0.879 bits per heavy atom. The van der Waals surface area contributed by atoms with Gasteiger partial charge in [0, 0.05) is 43.5 Å². The van der Waals surface area contributed by atoms with Crippen molar-refractivity contribution in [2.75, 3.05) is 44.7 Å².